The van der Waals surface area contributed by atoms with Crippen LogP contribution in [0.5, 0.6) is 11.5 Å². The number of rotatable bonds is 5. The largest absolute Gasteiger partial charge is 0.486 e. The van der Waals surface area contributed by atoms with E-state index in [0.717, 1.165) is 23.5 Å². The van der Waals surface area contributed by atoms with Crippen LogP contribution in [0.3, 0.4) is 0 Å². The van der Waals surface area contributed by atoms with Crippen molar-refractivity contribution >= 4 is 11.6 Å². The van der Waals surface area contributed by atoms with Crippen LogP contribution in [0.2, 0.25) is 0 Å². The summed E-state index contributed by atoms with van der Waals surface area (Å²) in [6.07, 6.45) is 2.54. The molecule has 120 valence electrons. The summed E-state index contributed by atoms with van der Waals surface area (Å²) in [6.45, 7) is 1.72. The first-order valence-electron chi connectivity index (χ1n) is 7.56. The first kappa shape index (κ1) is 15.1. The summed E-state index contributed by atoms with van der Waals surface area (Å²) in [5, 5.41) is 2.89. The fraction of sp³-hybridized carbons (Fsp3) is 0.294. The number of pyridine rings is 1. The van der Waals surface area contributed by atoms with Gasteiger partial charge in [-0.2, -0.15) is 0 Å². The lowest BCUT2D eigenvalue weighted by molar-refractivity contribution is -0.120. The number of ether oxygens (including phenoxy) is 2. The predicted molar refractivity (Wildman–Crippen MR) is 86.5 cm³/mol. The normalized spacial score (nSPS) is 12.7. The maximum absolute atomic E-state index is 11.9. The number of amides is 1. The highest BCUT2D eigenvalue weighted by Gasteiger charge is 2.11. The molecule has 23 heavy (non-hydrogen) atoms. The van der Waals surface area contributed by atoms with Crippen molar-refractivity contribution in [3.8, 4) is 11.5 Å². The lowest BCUT2D eigenvalue weighted by Gasteiger charge is -2.18. The van der Waals surface area contributed by atoms with Gasteiger partial charge in [-0.05, 0) is 36.2 Å². The highest BCUT2D eigenvalue weighted by atomic mass is 16.6. The van der Waals surface area contributed by atoms with Crippen molar-refractivity contribution in [2.75, 3.05) is 25.5 Å². The maximum atomic E-state index is 11.9. The number of hydrogen-bond acceptors (Lipinski definition) is 5. The van der Waals surface area contributed by atoms with Gasteiger partial charge in [0.2, 0.25) is 5.91 Å². The summed E-state index contributed by atoms with van der Waals surface area (Å²) < 4.78 is 11.0. The van der Waals surface area contributed by atoms with Crippen LogP contribution in [0.4, 0.5) is 5.69 Å². The lowest BCUT2D eigenvalue weighted by atomic mass is 10.1. The molecule has 2 heterocycles. The Balaban J connectivity index is 1.47. The fourth-order valence-electron chi connectivity index (χ4n) is 2.36. The van der Waals surface area contributed by atoms with E-state index in [1.165, 1.54) is 0 Å². The van der Waals surface area contributed by atoms with Gasteiger partial charge < -0.3 is 20.5 Å². The molecule has 0 bridgehead atoms. The average molecular weight is 313 g/mol. The first-order valence-corrected chi connectivity index (χ1v) is 7.56. The minimum absolute atomic E-state index is 0.0557. The van der Waals surface area contributed by atoms with Gasteiger partial charge in [-0.1, -0.05) is 6.07 Å². The second-order valence-corrected chi connectivity index (χ2v) is 5.34. The van der Waals surface area contributed by atoms with Gasteiger partial charge in [-0.25, -0.2) is 0 Å². The van der Waals surface area contributed by atoms with E-state index in [2.05, 4.69) is 10.3 Å². The number of fused-ring (bicyclic) bond motifs is 1. The van der Waals surface area contributed by atoms with Crippen LogP contribution >= 0.6 is 0 Å². The van der Waals surface area contributed by atoms with Crippen LogP contribution in [0.15, 0.2) is 36.5 Å². The summed E-state index contributed by atoms with van der Waals surface area (Å²) >= 11 is 0. The SMILES string of the molecule is Nc1ccc(CC(=O)NCCc2ccc3c(c2)OCCO3)nc1. The summed E-state index contributed by atoms with van der Waals surface area (Å²) in [5.41, 5.74) is 7.96. The van der Waals surface area contributed by atoms with Crippen molar-refractivity contribution in [1.29, 1.82) is 0 Å². The van der Waals surface area contributed by atoms with E-state index in [9.17, 15) is 4.79 Å². The molecule has 0 unspecified atom stereocenters. The Bertz CT molecular complexity index is 686. The standard InChI is InChI=1S/C17H19N3O3/c18-13-2-3-14(20-11-13)10-17(21)19-6-5-12-1-4-15-16(9-12)23-8-7-22-15/h1-4,9,11H,5-8,10,18H2,(H,19,21). The van der Waals surface area contributed by atoms with Crippen molar-refractivity contribution in [2.45, 2.75) is 12.8 Å². The van der Waals surface area contributed by atoms with Gasteiger partial charge in [0.25, 0.3) is 0 Å². The molecular weight excluding hydrogens is 294 g/mol. The molecule has 0 fully saturated rings. The molecular formula is C17H19N3O3. The van der Waals surface area contributed by atoms with Gasteiger partial charge in [0.05, 0.1) is 18.3 Å². The van der Waals surface area contributed by atoms with Gasteiger partial charge in [-0.15, -0.1) is 0 Å². The highest BCUT2D eigenvalue weighted by molar-refractivity contribution is 5.78. The van der Waals surface area contributed by atoms with Crippen molar-refractivity contribution in [3.05, 3.63) is 47.8 Å². The van der Waals surface area contributed by atoms with E-state index in [-0.39, 0.29) is 12.3 Å². The van der Waals surface area contributed by atoms with Crippen LogP contribution in [-0.2, 0) is 17.6 Å². The van der Waals surface area contributed by atoms with Crippen molar-refractivity contribution in [1.82, 2.24) is 10.3 Å². The Morgan fingerprint density at radius 2 is 2.00 bits per heavy atom. The van der Waals surface area contributed by atoms with Gasteiger partial charge in [0, 0.05) is 12.2 Å². The molecule has 6 heteroatoms. The molecule has 2 aromatic rings. The fourth-order valence-corrected chi connectivity index (χ4v) is 2.36. The Kier molecular flexibility index (Phi) is 4.61. The molecule has 0 saturated carbocycles. The third-order valence-corrected chi connectivity index (χ3v) is 3.53. The van der Waals surface area contributed by atoms with Crippen LogP contribution in [0, 0.1) is 0 Å². The third-order valence-electron chi connectivity index (χ3n) is 3.53. The van der Waals surface area contributed by atoms with E-state index >= 15 is 0 Å². The number of hydrogen-bond donors (Lipinski definition) is 2. The molecule has 0 aliphatic carbocycles. The number of aromatic nitrogens is 1. The Labute approximate surface area is 134 Å². The maximum Gasteiger partial charge on any atom is 0.226 e. The number of nitrogen functional groups attached to an aromatic ring is 1. The lowest BCUT2D eigenvalue weighted by Crippen LogP contribution is -2.27. The number of carbonyl (C=O) groups is 1. The van der Waals surface area contributed by atoms with Crippen molar-refractivity contribution < 1.29 is 14.3 Å². The Hall–Kier alpha value is -2.76. The number of carbonyl (C=O) groups excluding carboxylic acids is 1. The summed E-state index contributed by atoms with van der Waals surface area (Å²) in [6, 6.07) is 9.36. The van der Waals surface area contributed by atoms with Gasteiger partial charge in [0.1, 0.15) is 13.2 Å². The molecule has 3 rings (SSSR count). The van der Waals surface area contributed by atoms with Crippen LogP contribution in [-0.4, -0.2) is 30.6 Å². The molecule has 1 amide bonds. The molecule has 1 aromatic carbocycles. The quantitative estimate of drug-likeness (QED) is 0.870. The smallest absolute Gasteiger partial charge is 0.226 e. The molecule has 1 aromatic heterocycles. The second-order valence-electron chi connectivity index (χ2n) is 5.34. The third kappa shape index (κ3) is 4.12. The summed E-state index contributed by atoms with van der Waals surface area (Å²) in [5.74, 6) is 1.49. The molecule has 0 radical (unpaired) electrons. The van der Waals surface area contributed by atoms with Gasteiger partial charge >= 0.3 is 0 Å². The van der Waals surface area contributed by atoms with E-state index in [1.807, 2.05) is 18.2 Å². The van der Waals surface area contributed by atoms with Crippen LogP contribution < -0.4 is 20.5 Å². The number of benzene rings is 1. The van der Waals surface area contributed by atoms with Gasteiger partial charge in [-0.3, -0.25) is 9.78 Å². The van der Waals surface area contributed by atoms with E-state index in [4.69, 9.17) is 15.2 Å². The Morgan fingerprint density at radius 1 is 1.17 bits per heavy atom. The minimum atomic E-state index is -0.0557. The van der Waals surface area contributed by atoms with Crippen LogP contribution in [0.25, 0.3) is 0 Å². The van der Waals surface area contributed by atoms with Crippen molar-refractivity contribution in [3.63, 3.8) is 0 Å². The molecule has 0 spiro atoms. The van der Waals surface area contributed by atoms with E-state index in [1.54, 1.807) is 18.3 Å². The second kappa shape index (κ2) is 7.00. The predicted octanol–water partition coefficient (Wildman–Crippen LogP) is 1.34. The zero-order chi connectivity index (χ0) is 16.1. The number of nitrogens with zero attached hydrogens (tertiary/aromatic N) is 1. The summed E-state index contributed by atoms with van der Waals surface area (Å²) in [7, 11) is 0. The van der Waals surface area contributed by atoms with Gasteiger partial charge in [0.15, 0.2) is 11.5 Å². The highest BCUT2D eigenvalue weighted by Crippen LogP contribution is 2.30. The minimum Gasteiger partial charge on any atom is -0.486 e. The molecule has 6 nitrogen and oxygen atoms in total. The van der Waals surface area contributed by atoms with E-state index < -0.39 is 0 Å². The number of anilines is 1. The molecule has 1 aliphatic rings. The molecule has 1 aliphatic heterocycles. The van der Waals surface area contributed by atoms with Crippen molar-refractivity contribution in [2.24, 2.45) is 0 Å². The molecule has 0 atom stereocenters. The number of nitrogens with two attached hydrogens (primary N) is 1. The Morgan fingerprint density at radius 3 is 2.78 bits per heavy atom. The first-order chi connectivity index (χ1) is 11.2. The molecule has 0 saturated heterocycles. The topological polar surface area (TPSA) is 86.5 Å². The number of nitrogens with one attached hydrogen (secondary N) is 1. The zero-order valence-electron chi connectivity index (χ0n) is 12.7. The van der Waals surface area contributed by atoms with E-state index in [0.29, 0.717) is 31.1 Å². The summed E-state index contributed by atoms with van der Waals surface area (Å²) in [4.78, 5) is 16.0. The monoisotopic (exact) mass is 313 g/mol. The average Bonchev–Trinajstić information content (AvgIpc) is 2.57. The van der Waals surface area contributed by atoms with Crippen LogP contribution in [0.1, 0.15) is 11.3 Å². The molecule has 3 N–H and O–H groups in total. The zero-order valence-corrected chi connectivity index (χ0v) is 12.7.